The molecular weight excluding hydrogens is 234 g/mol. The maximum Gasteiger partial charge on any atom is 0.161 e. The number of rotatable bonds is 3. The lowest BCUT2D eigenvalue weighted by molar-refractivity contribution is 0.101. The summed E-state index contributed by atoms with van der Waals surface area (Å²) < 4.78 is 2.28. The van der Waals surface area contributed by atoms with Gasteiger partial charge in [0.25, 0.3) is 0 Å². The Balaban J connectivity index is 1.99. The first kappa shape index (κ1) is 12.2. The van der Waals surface area contributed by atoms with Crippen LogP contribution in [0.2, 0.25) is 0 Å². The van der Waals surface area contributed by atoms with Crippen molar-refractivity contribution in [2.24, 2.45) is 0 Å². The first-order valence-electron chi connectivity index (χ1n) is 7.01. The minimum Gasteiger partial charge on any atom is -0.346 e. The second-order valence-electron chi connectivity index (χ2n) is 5.34. The molecule has 0 bridgehead atoms. The van der Waals surface area contributed by atoms with E-state index in [1.807, 2.05) is 6.07 Å². The van der Waals surface area contributed by atoms with Crippen molar-refractivity contribution in [1.82, 2.24) is 4.57 Å². The molecule has 3 rings (SSSR count). The Hall–Kier alpha value is -1.83. The molecule has 98 valence electrons. The molecule has 0 radical (unpaired) electrons. The van der Waals surface area contributed by atoms with Gasteiger partial charge in [-0.15, -0.1) is 0 Å². The Bertz CT molecular complexity index is 595. The van der Waals surface area contributed by atoms with Gasteiger partial charge in [0.1, 0.15) is 0 Å². The van der Waals surface area contributed by atoms with Crippen molar-refractivity contribution in [2.75, 3.05) is 0 Å². The van der Waals surface area contributed by atoms with Crippen LogP contribution in [-0.4, -0.2) is 10.4 Å². The van der Waals surface area contributed by atoms with Crippen molar-refractivity contribution < 1.29 is 4.79 Å². The molecule has 0 N–H and O–H groups in total. The van der Waals surface area contributed by atoms with Crippen LogP contribution in [0.1, 0.15) is 46.9 Å². The third-order valence-corrected chi connectivity index (χ3v) is 3.97. The lowest BCUT2D eigenvalue weighted by Gasteiger charge is -2.16. The molecule has 1 aromatic heterocycles. The molecule has 0 amide bonds. The fourth-order valence-electron chi connectivity index (χ4n) is 3.03. The largest absolute Gasteiger partial charge is 0.346 e. The highest BCUT2D eigenvalue weighted by molar-refractivity contribution is 5.96. The summed E-state index contributed by atoms with van der Waals surface area (Å²) in [6.45, 7) is 2.55. The van der Waals surface area contributed by atoms with Crippen LogP contribution >= 0.6 is 0 Å². The molecule has 0 saturated heterocycles. The van der Waals surface area contributed by atoms with E-state index in [2.05, 4.69) is 35.0 Å². The zero-order chi connectivity index (χ0) is 13.2. The predicted octanol–water partition coefficient (Wildman–Crippen LogP) is 3.62. The zero-order valence-corrected chi connectivity index (χ0v) is 11.4. The van der Waals surface area contributed by atoms with Crippen LogP contribution in [-0.2, 0) is 19.4 Å². The number of Topliss-reactive ketones (excluding diaryl/α,β-unsaturated/α-hetero) is 1. The molecule has 0 fully saturated rings. The average molecular weight is 253 g/mol. The molecule has 0 spiro atoms. The van der Waals surface area contributed by atoms with E-state index in [1.54, 1.807) is 6.92 Å². The number of hydrogen-bond acceptors (Lipinski definition) is 1. The zero-order valence-electron chi connectivity index (χ0n) is 11.4. The highest BCUT2D eigenvalue weighted by Crippen LogP contribution is 2.27. The fourth-order valence-corrected chi connectivity index (χ4v) is 3.03. The molecule has 1 aliphatic rings. The van der Waals surface area contributed by atoms with Crippen molar-refractivity contribution in [2.45, 2.75) is 39.2 Å². The molecule has 0 aliphatic heterocycles. The Kier molecular flexibility index (Phi) is 3.24. The predicted molar refractivity (Wildman–Crippen MR) is 76.6 cm³/mol. The molecule has 19 heavy (non-hydrogen) atoms. The molecule has 2 nitrogen and oxygen atoms in total. The van der Waals surface area contributed by atoms with Gasteiger partial charge in [-0.05, 0) is 43.7 Å². The number of carbonyl (C=O) groups excluding carboxylic acids is 1. The van der Waals surface area contributed by atoms with Gasteiger partial charge in [-0.2, -0.15) is 0 Å². The summed E-state index contributed by atoms with van der Waals surface area (Å²) in [5.74, 6) is 0.199. The summed E-state index contributed by atoms with van der Waals surface area (Å²) in [6, 6.07) is 10.5. The maximum absolute atomic E-state index is 11.8. The number of aromatic nitrogens is 1. The van der Waals surface area contributed by atoms with Gasteiger partial charge in [0.15, 0.2) is 5.78 Å². The van der Waals surface area contributed by atoms with E-state index in [1.165, 1.54) is 29.7 Å². The van der Waals surface area contributed by atoms with Crippen LogP contribution in [0.3, 0.4) is 0 Å². The average Bonchev–Trinajstić information content (AvgIpc) is 2.79. The second kappa shape index (κ2) is 5.04. The molecule has 0 unspecified atom stereocenters. The number of carbonyl (C=O) groups is 1. The fraction of sp³-hybridized carbons (Fsp3) is 0.353. The van der Waals surface area contributed by atoms with Crippen LogP contribution in [0.15, 0.2) is 36.5 Å². The Morgan fingerprint density at radius 2 is 1.89 bits per heavy atom. The SMILES string of the molecule is CC(=O)c1cn(Cc2ccccc2)c2c1CCCC2. The smallest absolute Gasteiger partial charge is 0.161 e. The second-order valence-corrected chi connectivity index (χ2v) is 5.34. The maximum atomic E-state index is 11.8. The molecular formula is C17H19NO. The lowest BCUT2D eigenvalue weighted by atomic mass is 9.94. The van der Waals surface area contributed by atoms with Crippen molar-refractivity contribution in [3.05, 3.63) is 58.9 Å². The lowest BCUT2D eigenvalue weighted by Crippen LogP contribution is -2.09. The number of fused-ring (bicyclic) bond motifs is 1. The molecule has 0 atom stereocenters. The molecule has 1 aliphatic carbocycles. The van der Waals surface area contributed by atoms with E-state index in [4.69, 9.17) is 0 Å². The summed E-state index contributed by atoms with van der Waals surface area (Å²) in [6.07, 6.45) is 6.68. The highest BCUT2D eigenvalue weighted by atomic mass is 16.1. The molecule has 1 heterocycles. The van der Waals surface area contributed by atoms with Crippen LogP contribution in [0, 0.1) is 0 Å². The van der Waals surface area contributed by atoms with Crippen molar-refractivity contribution in [3.8, 4) is 0 Å². The van der Waals surface area contributed by atoms with Gasteiger partial charge in [0.05, 0.1) is 0 Å². The standard InChI is InChI=1S/C17H19NO/c1-13(19)16-12-18(11-14-7-3-2-4-8-14)17-10-6-5-9-15(16)17/h2-4,7-8,12H,5-6,9-11H2,1H3. The third-order valence-electron chi connectivity index (χ3n) is 3.97. The van der Waals surface area contributed by atoms with Gasteiger partial charge in [0, 0.05) is 24.0 Å². The molecule has 2 aromatic rings. The van der Waals surface area contributed by atoms with Crippen molar-refractivity contribution in [3.63, 3.8) is 0 Å². The topological polar surface area (TPSA) is 22.0 Å². The van der Waals surface area contributed by atoms with Crippen molar-refractivity contribution in [1.29, 1.82) is 0 Å². The molecule has 0 saturated carbocycles. The highest BCUT2D eigenvalue weighted by Gasteiger charge is 2.20. The number of hydrogen-bond donors (Lipinski definition) is 0. The number of benzene rings is 1. The van der Waals surface area contributed by atoms with Crippen LogP contribution in [0.4, 0.5) is 0 Å². The van der Waals surface area contributed by atoms with E-state index >= 15 is 0 Å². The van der Waals surface area contributed by atoms with Crippen LogP contribution < -0.4 is 0 Å². The monoisotopic (exact) mass is 253 g/mol. The first-order valence-corrected chi connectivity index (χ1v) is 7.01. The van der Waals surface area contributed by atoms with Crippen LogP contribution in [0.5, 0.6) is 0 Å². The van der Waals surface area contributed by atoms with E-state index < -0.39 is 0 Å². The normalized spacial score (nSPS) is 14.2. The summed E-state index contributed by atoms with van der Waals surface area (Å²) in [5, 5.41) is 0. The van der Waals surface area contributed by atoms with E-state index in [9.17, 15) is 4.79 Å². The quantitative estimate of drug-likeness (QED) is 0.766. The minimum absolute atomic E-state index is 0.199. The summed E-state index contributed by atoms with van der Waals surface area (Å²) in [7, 11) is 0. The Morgan fingerprint density at radius 1 is 1.16 bits per heavy atom. The minimum atomic E-state index is 0.199. The van der Waals surface area contributed by atoms with Gasteiger partial charge in [-0.1, -0.05) is 30.3 Å². The Labute approximate surface area is 114 Å². The summed E-state index contributed by atoms with van der Waals surface area (Å²) in [4.78, 5) is 11.8. The van der Waals surface area contributed by atoms with E-state index in [0.29, 0.717) is 0 Å². The third kappa shape index (κ3) is 2.35. The summed E-state index contributed by atoms with van der Waals surface area (Å²) >= 11 is 0. The summed E-state index contributed by atoms with van der Waals surface area (Å²) in [5.41, 5.74) is 4.90. The van der Waals surface area contributed by atoms with Gasteiger partial charge >= 0.3 is 0 Å². The van der Waals surface area contributed by atoms with Crippen molar-refractivity contribution >= 4 is 5.78 Å². The van der Waals surface area contributed by atoms with Gasteiger partial charge in [-0.25, -0.2) is 0 Å². The first-order chi connectivity index (χ1) is 9.25. The number of ketones is 1. The van der Waals surface area contributed by atoms with Gasteiger partial charge in [-0.3, -0.25) is 4.79 Å². The van der Waals surface area contributed by atoms with Crippen LogP contribution in [0.25, 0.3) is 0 Å². The molecule has 2 heteroatoms. The van der Waals surface area contributed by atoms with Gasteiger partial charge in [0.2, 0.25) is 0 Å². The van der Waals surface area contributed by atoms with Gasteiger partial charge < -0.3 is 4.57 Å². The van der Waals surface area contributed by atoms with E-state index in [-0.39, 0.29) is 5.78 Å². The molecule has 1 aromatic carbocycles. The van der Waals surface area contributed by atoms with E-state index in [0.717, 1.165) is 24.9 Å². The number of nitrogens with zero attached hydrogens (tertiary/aromatic N) is 1. The Morgan fingerprint density at radius 3 is 2.63 bits per heavy atom.